The van der Waals surface area contributed by atoms with Crippen molar-refractivity contribution < 1.29 is 14.0 Å². The standard InChI is InChI=1S/C25H23FN4O2S2/c1-14(27-16(3)31)18-6-8-19(9-7-18)21-13-33-25(29-21)30-24(32)23-15(2)28-22(34-23)12-17-4-10-20(26)11-5-17/h4-11,13-14H,12H2,1-3H3,(H,27,31)(H,29,30,32). The number of anilines is 1. The molecule has 2 heterocycles. The average molecular weight is 495 g/mol. The van der Waals surface area contributed by atoms with Crippen molar-refractivity contribution in [2.45, 2.75) is 33.2 Å². The summed E-state index contributed by atoms with van der Waals surface area (Å²) in [4.78, 5) is 33.7. The van der Waals surface area contributed by atoms with E-state index in [9.17, 15) is 14.0 Å². The molecular formula is C25H23FN4O2S2. The van der Waals surface area contributed by atoms with E-state index in [1.807, 2.05) is 36.6 Å². The smallest absolute Gasteiger partial charge is 0.269 e. The Balaban J connectivity index is 1.42. The minimum absolute atomic E-state index is 0.0739. The molecule has 0 bridgehead atoms. The van der Waals surface area contributed by atoms with Crippen molar-refractivity contribution in [2.24, 2.45) is 0 Å². The molecule has 0 saturated carbocycles. The lowest BCUT2D eigenvalue weighted by Gasteiger charge is -2.12. The van der Waals surface area contributed by atoms with E-state index in [4.69, 9.17) is 0 Å². The average Bonchev–Trinajstić information content (AvgIpc) is 3.41. The third kappa shape index (κ3) is 5.73. The monoisotopic (exact) mass is 494 g/mol. The van der Waals surface area contributed by atoms with Gasteiger partial charge in [-0.25, -0.2) is 14.4 Å². The topological polar surface area (TPSA) is 84.0 Å². The van der Waals surface area contributed by atoms with Crippen molar-refractivity contribution >= 4 is 39.6 Å². The van der Waals surface area contributed by atoms with Crippen LogP contribution < -0.4 is 10.6 Å². The second-order valence-corrected chi connectivity index (χ2v) is 9.80. The fourth-order valence-corrected chi connectivity index (χ4v) is 5.17. The summed E-state index contributed by atoms with van der Waals surface area (Å²) < 4.78 is 13.1. The molecule has 4 aromatic rings. The Hall–Kier alpha value is -3.43. The molecule has 0 radical (unpaired) electrons. The number of hydrogen-bond donors (Lipinski definition) is 2. The Bertz CT molecular complexity index is 1310. The van der Waals surface area contributed by atoms with E-state index in [0.29, 0.717) is 22.1 Å². The van der Waals surface area contributed by atoms with E-state index in [2.05, 4.69) is 20.6 Å². The number of amides is 2. The molecule has 2 aromatic heterocycles. The zero-order valence-electron chi connectivity index (χ0n) is 18.9. The minimum atomic E-state index is -0.280. The molecule has 0 aliphatic heterocycles. The Kier molecular flexibility index (Phi) is 7.14. The molecule has 0 fully saturated rings. The quantitative estimate of drug-likeness (QED) is 0.342. The fourth-order valence-electron chi connectivity index (χ4n) is 3.46. The number of aromatic nitrogens is 2. The first-order valence-corrected chi connectivity index (χ1v) is 12.3. The number of halogens is 1. The van der Waals surface area contributed by atoms with Crippen LogP contribution in [0.3, 0.4) is 0 Å². The predicted octanol–water partition coefficient (Wildman–Crippen LogP) is 5.75. The highest BCUT2D eigenvalue weighted by Crippen LogP contribution is 2.28. The summed E-state index contributed by atoms with van der Waals surface area (Å²) in [5.74, 6) is -0.603. The van der Waals surface area contributed by atoms with Gasteiger partial charge < -0.3 is 5.32 Å². The molecule has 0 saturated heterocycles. The Labute approximate surface area is 204 Å². The SMILES string of the molecule is CC(=O)NC(C)c1ccc(-c2csc(NC(=O)c3sc(Cc4ccc(F)cc4)nc3C)n2)cc1. The number of nitrogens with zero attached hydrogens (tertiary/aromatic N) is 2. The van der Waals surface area contributed by atoms with Crippen LogP contribution in [0.2, 0.25) is 0 Å². The molecule has 2 amide bonds. The zero-order valence-corrected chi connectivity index (χ0v) is 20.5. The summed E-state index contributed by atoms with van der Waals surface area (Å²) >= 11 is 2.68. The number of hydrogen-bond acceptors (Lipinski definition) is 6. The maximum absolute atomic E-state index is 13.1. The maximum Gasteiger partial charge on any atom is 0.269 e. The van der Waals surface area contributed by atoms with Crippen molar-refractivity contribution in [2.75, 3.05) is 5.32 Å². The summed E-state index contributed by atoms with van der Waals surface area (Å²) in [7, 11) is 0. The van der Waals surface area contributed by atoms with Crippen molar-refractivity contribution in [1.82, 2.24) is 15.3 Å². The Morgan fingerprint density at radius 2 is 1.76 bits per heavy atom. The van der Waals surface area contributed by atoms with Crippen LogP contribution in [0.4, 0.5) is 9.52 Å². The van der Waals surface area contributed by atoms with E-state index < -0.39 is 0 Å². The van der Waals surface area contributed by atoms with Gasteiger partial charge in [-0.05, 0) is 37.1 Å². The zero-order chi connectivity index (χ0) is 24.2. The number of carbonyl (C=O) groups is 2. The van der Waals surface area contributed by atoms with Crippen LogP contribution >= 0.6 is 22.7 Å². The normalized spacial score (nSPS) is 11.8. The summed E-state index contributed by atoms with van der Waals surface area (Å²) in [6.45, 7) is 5.23. The van der Waals surface area contributed by atoms with Crippen molar-refractivity contribution in [3.05, 3.63) is 86.4 Å². The molecule has 1 unspecified atom stereocenters. The van der Waals surface area contributed by atoms with Gasteiger partial charge in [-0.3, -0.25) is 14.9 Å². The number of thiazole rings is 2. The van der Waals surface area contributed by atoms with E-state index in [1.165, 1.54) is 41.7 Å². The van der Waals surface area contributed by atoms with Gasteiger partial charge in [0.1, 0.15) is 10.7 Å². The lowest BCUT2D eigenvalue weighted by molar-refractivity contribution is -0.119. The molecule has 1 atom stereocenters. The van der Waals surface area contributed by atoms with Crippen molar-refractivity contribution in [3.63, 3.8) is 0 Å². The number of aryl methyl sites for hydroxylation is 1. The molecule has 9 heteroatoms. The van der Waals surface area contributed by atoms with E-state index >= 15 is 0 Å². The number of benzene rings is 2. The molecule has 0 aliphatic carbocycles. The van der Waals surface area contributed by atoms with Crippen LogP contribution in [0, 0.1) is 12.7 Å². The highest BCUT2D eigenvalue weighted by atomic mass is 32.1. The maximum atomic E-state index is 13.1. The van der Waals surface area contributed by atoms with Crippen LogP contribution in [-0.4, -0.2) is 21.8 Å². The van der Waals surface area contributed by atoms with Crippen molar-refractivity contribution in [1.29, 1.82) is 0 Å². The minimum Gasteiger partial charge on any atom is -0.350 e. The van der Waals surface area contributed by atoms with Crippen LogP contribution in [0.5, 0.6) is 0 Å². The van der Waals surface area contributed by atoms with E-state index in [1.54, 1.807) is 19.1 Å². The highest BCUT2D eigenvalue weighted by molar-refractivity contribution is 7.15. The van der Waals surface area contributed by atoms with E-state index in [-0.39, 0.29) is 23.7 Å². The van der Waals surface area contributed by atoms with Gasteiger partial charge in [-0.1, -0.05) is 36.4 Å². The molecule has 0 aliphatic rings. The fraction of sp³-hybridized carbons (Fsp3) is 0.200. The number of rotatable bonds is 7. The second kappa shape index (κ2) is 10.2. The Morgan fingerprint density at radius 1 is 1.06 bits per heavy atom. The lowest BCUT2D eigenvalue weighted by Crippen LogP contribution is -2.23. The summed E-state index contributed by atoms with van der Waals surface area (Å²) in [6, 6.07) is 14.0. The largest absolute Gasteiger partial charge is 0.350 e. The van der Waals surface area contributed by atoms with Crippen LogP contribution in [0.15, 0.2) is 53.9 Å². The molecule has 2 N–H and O–H groups in total. The molecule has 0 spiro atoms. The predicted molar refractivity (Wildman–Crippen MR) is 134 cm³/mol. The summed E-state index contributed by atoms with van der Waals surface area (Å²) in [6.07, 6.45) is 0.539. The van der Waals surface area contributed by atoms with Gasteiger partial charge >= 0.3 is 0 Å². The number of nitrogens with one attached hydrogen (secondary N) is 2. The van der Waals surface area contributed by atoms with Crippen LogP contribution in [-0.2, 0) is 11.2 Å². The molecule has 4 rings (SSSR count). The molecule has 6 nitrogen and oxygen atoms in total. The van der Waals surface area contributed by atoms with Crippen molar-refractivity contribution in [3.8, 4) is 11.3 Å². The lowest BCUT2D eigenvalue weighted by atomic mass is 10.1. The van der Waals surface area contributed by atoms with Gasteiger partial charge in [0.25, 0.3) is 5.91 Å². The van der Waals surface area contributed by atoms with Gasteiger partial charge in [0, 0.05) is 24.3 Å². The molecular weight excluding hydrogens is 471 g/mol. The van der Waals surface area contributed by atoms with Crippen LogP contribution in [0.25, 0.3) is 11.3 Å². The second-order valence-electron chi connectivity index (χ2n) is 7.86. The summed E-state index contributed by atoms with van der Waals surface area (Å²) in [5, 5.41) is 8.92. The van der Waals surface area contributed by atoms with Gasteiger partial charge in [-0.15, -0.1) is 22.7 Å². The highest BCUT2D eigenvalue weighted by Gasteiger charge is 2.17. The van der Waals surface area contributed by atoms with Gasteiger partial charge in [-0.2, -0.15) is 0 Å². The van der Waals surface area contributed by atoms with E-state index in [0.717, 1.165) is 27.4 Å². The summed E-state index contributed by atoms with van der Waals surface area (Å²) in [5.41, 5.74) is 4.27. The first-order valence-electron chi connectivity index (χ1n) is 10.6. The Morgan fingerprint density at radius 3 is 2.44 bits per heavy atom. The third-order valence-corrected chi connectivity index (χ3v) is 7.08. The first-order chi connectivity index (χ1) is 16.3. The molecule has 2 aromatic carbocycles. The van der Waals surface area contributed by atoms with Crippen LogP contribution in [0.1, 0.15) is 51.4 Å². The molecule has 34 heavy (non-hydrogen) atoms. The molecule has 174 valence electrons. The van der Waals surface area contributed by atoms with Gasteiger partial charge in [0.05, 0.1) is 22.4 Å². The van der Waals surface area contributed by atoms with Gasteiger partial charge in [0.2, 0.25) is 5.91 Å². The first kappa shape index (κ1) is 23.7. The number of carbonyl (C=O) groups excluding carboxylic acids is 2. The van der Waals surface area contributed by atoms with Gasteiger partial charge in [0.15, 0.2) is 5.13 Å². The third-order valence-electron chi connectivity index (χ3n) is 5.17.